The van der Waals surface area contributed by atoms with Gasteiger partial charge >= 0.3 is 0 Å². The monoisotopic (exact) mass is 312 g/mol. The average Bonchev–Trinajstić information content (AvgIpc) is 2.73. The van der Waals surface area contributed by atoms with E-state index >= 15 is 0 Å². The third kappa shape index (κ3) is 3.11. The number of fused-ring (bicyclic) bond motifs is 2. The van der Waals surface area contributed by atoms with E-state index in [1.165, 1.54) is 12.8 Å². The first kappa shape index (κ1) is 14.2. The largest absolute Gasteiger partial charge is 0.324 e. The molecule has 0 saturated carbocycles. The van der Waals surface area contributed by atoms with Crippen molar-refractivity contribution < 1.29 is 4.79 Å². The van der Waals surface area contributed by atoms with Crippen LogP contribution in [0.1, 0.15) is 32.1 Å². The third-order valence-corrected chi connectivity index (χ3v) is 4.90. The zero-order valence-corrected chi connectivity index (χ0v) is 12.7. The second kappa shape index (κ2) is 5.92. The van der Waals surface area contributed by atoms with Crippen LogP contribution in [0.3, 0.4) is 0 Å². The highest BCUT2D eigenvalue weighted by molar-refractivity contribution is 6.39. The van der Waals surface area contributed by atoms with Crippen LogP contribution in [-0.4, -0.2) is 18.0 Å². The fourth-order valence-corrected chi connectivity index (χ4v) is 3.90. The Balaban J connectivity index is 1.60. The molecule has 3 rings (SSSR count). The summed E-state index contributed by atoms with van der Waals surface area (Å²) in [5.41, 5.74) is 0.526. The number of carbonyl (C=O) groups is 1. The Labute approximate surface area is 129 Å². The van der Waals surface area contributed by atoms with E-state index in [1.807, 2.05) is 0 Å². The number of anilines is 1. The van der Waals surface area contributed by atoms with Gasteiger partial charge in [0.05, 0.1) is 15.7 Å². The maximum absolute atomic E-state index is 12.2. The summed E-state index contributed by atoms with van der Waals surface area (Å²) in [5, 5.41) is 7.41. The summed E-state index contributed by atoms with van der Waals surface area (Å²) in [6.45, 7) is 0. The Kier molecular flexibility index (Phi) is 4.20. The molecule has 0 spiro atoms. The molecule has 2 fully saturated rings. The minimum absolute atomic E-state index is 0.00583. The second-order valence-corrected chi connectivity index (χ2v) is 6.64. The minimum atomic E-state index is 0.00583. The lowest BCUT2D eigenvalue weighted by Crippen LogP contribution is -2.39. The molecule has 2 heterocycles. The molecule has 20 heavy (non-hydrogen) atoms. The molecule has 5 heteroatoms. The average molecular weight is 313 g/mol. The van der Waals surface area contributed by atoms with E-state index in [-0.39, 0.29) is 5.91 Å². The SMILES string of the molecule is O=C(CC1CC2CCC(C1)N2)Nc1c(Cl)cccc1Cl. The molecule has 2 saturated heterocycles. The van der Waals surface area contributed by atoms with Crippen LogP contribution in [0.25, 0.3) is 0 Å². The number of benzene rings is 1. The van der Waals surface area contributed by atoms with Crippen molar-refractivity contribution in [1.82, 2.24) is 5.32 Å². The van der Waals surface area contributed by atoms with E-state index < -0.39 is 0 Å². The van der Waals surface area contributed by atoms with Crippen molar-refractivity contribution in [2.45, 2.75) is 44.2 Å². The maximum Gasteiger partial charge on any atom is 0.224 e. The first-order valence-corrected chi connectivity index (χ1v) is 7.87. The number of para-hydroxylation sites is 1. The topological polar surface area (TPSA) is 41.1 Å². The van der Waals surface area contributed by atoms with Gasteiger partial charge in [0, 0.05) is 18.5 Å². The summed E-state index contributed by atoms with van der Waals surface area (Å²) >= 11 is 12.1. The number of piperidine rings is 1. The van der Waals surface area contributed by atoms with Crippen LogP contribution >= 0.6 is 23.2 Å². The predicted molar refractivity (Wildman–Crippen MR) is 82.4 cm³/mol. The van der Waals surface area contributed by atoms with Crippen LogP contribution in [0.5, 0.6) is 0 Å². The quantitative estimate of drug-likeness (QED) is 0.890. The fraction of sp³-hybridized carbons (Fsp3) is 0.533. The fourth-order valence-electron chi connectivity index (χ4n) is 3.41. The number of hydrogen-bond donors (Lipinski definition) is 2. The number of rotatable bonds is 3. The highest BCUT2D eigenvalue weighted by Gasteiger charge is 2.34. The van der Waals surface area contributed by atoms with Gasteiger partial charge in [0.25, 0.3) is 0 Å². The summed E-state index contributed by atoms with van der Waals surface area (Å²) in [5.74, 6) is 0.473. The van der Waals surface area contributed by atoms with E-state index in [0.717, 1.165) is 12.8 Å². The van der Waals surface area contributed by atoms with Crippen molar-refractivity contribution in [3.63, 3.8) is 0 Å². The molecule has 2 atom stereocenters. The smallest absolute Gasteiger partial charge is 0.224 e. The Hall–Kier alpha value is -0.770. The molecule has 108 valence electrons. The zero-order chi connectivity index (χ0) is 14.1. The van der Waals surface area contributed by atoms with Gasteiger partial charge in [0.2, 0.25) is 5.91 Å². The van der Waals surface area contributed by atoms with Gasteiger partial charge in [-0.25, -0.2) is 0 Å². The van der Waals surface area contributed by atoms with Crippen LogP contribution < -0.4 is 10.6 Å². The lowest BCUT2D eigenvalue weighted by atomic mass is 9.89. The molecule has 2 N–H and O–H groups in total. The van der Waals surface area contributed by atoms with Gasteiger partial charge in [0.1, 0.15) is 0 Å². The molecular formula is C15H18Cl2N2O. The normalized spacial score (nSPS) is 28.4. The van der Waals surface area contributed by atoms with Crippen molar-refractivity contribution in [3.05, 3.63) is 28.2 Å². The third-order valence-electron chi connectivity index (χ3n) is 4.27. The number of hydrogen-bond acceptors (Lipinski definition) is 2. The number of nitrogens with one attached hydrogen (secondary N) is 2. The molecule has 0 aromatic heterocycles. The Morgan fingerprint density at radius 3 is 2.40 bits per heavy atom. The Bertz CT molecular complexity index is 488. The van der Waals surface area contributed by atoms with Crippen LogP contribution in [0.15, 0.2) is 18.2 Å². The molecule has 1 aromatic rings. The number of amides is 1. The lowest BCUT2D eigenvalue weighted by Gasteiger charge is -2.28. The molecule has 3 nitrogen and oxygen atoms in total. The van der Waals surface area contributed by atoms with Gasteiger partial charge in [-0.05, 0) is 43.7 Å². The van der Waals surface area contributed by atoms with Gasteiger partial charge < -0.3 is 10.6 Å². The van der Waals surface area contributed by atoms with Crippen molar-refractivity contribution in [2.75, 3.05) is 5.32 Å². The summed E-state index contributed by atoms with van der Waals surface area (Å²) in [6.07, 6.45) is 5.24. The molecule has 2 bridgehead atoms. The Morgan fingerprint density at radius 2 is 1.80 bits per heavy atom. The molecule has 1 amide bonds. The summed E-state index contributed by atoms with van der Waals surface area (Å²) in [4.78, 5) is 12.2. The molecular weight excluding hydrogens is 295 g/mol. The highest BCUT2D eigenvalue weighted by Crippen LogP contribution is 2.34. The van der Waals surface area contributed by atoms with Crippen LogP contribution in [-0.2, 0) is 4.79 Å². The highest BCUT2D eigenvalue weighted by atomic mass is 35.5. The van der Waals surface area contributed by atoms with Crippen LogP contribution in [0.4, 0.5) is 5.69 Å². The van der Waals surface area contributed by atoms with Gasteiger partial charge in [-0.2, -0.15) is 0 Å². The first-order chi connectivity index (χ1) is 9.61. The van der Waals surface area contributed by atoms with Gasteiger partial charge in [-0.15, -0.1) is 0 Å². The van der Waals surface area contributed by atoms with Crippen LogP contribution in [0, 0.1) is 5.92 Å². The lowest BCUT2D eigenvalue weighted by molar-refractivity contribution is -0.117. The zero-order valence-electron chi connectivity index (χ0n) is 11.2. The van der Waals surface area contributed by atoms with Gasteiger partial charge in [-0.3, -0.25) is 4.79 Å². The number of carbonyl (C=O) groups excluding carboxylic acids is 1. The first-order valence-electron chi connectivity index (χ1n) is 7.11. The molecule has 1 aromatic carbocycles. The van der Waals surface area contributed by atoms with Crippen molar-refractivity contribution >= 4 is 34.8 Å². The summed E-state index contributed by atoms with van der Waals surface area (Å²) < 4.78 is 0. The van der Waals surface area contributed by atoms with E-state index in [2.05, 4.69) is 10.6 Å². The maximum atomic E-state index is 12.2. The van der Waals surface area contributed by atoms with Gasteiger partial charge in [-0.1, -0.05) is 29.3 Å². The Morgan fingerprint density at radius 1 is 1.20 bits per heavy atom. The summed E-state index contributed by atoms with van der Waals surface area (Å²) in [6, 6.07) is 6.44. The number of halogens is 2. The van der Waals surface area contributed by atoms with E-state index in [1.54, 1.807) is 18.2 Å². The van der Waals surface area contributed by atoms with E-state index in [9.17, 15) is 4.79 Å². The molecule has 2 aliphatic heterocycles. The van der Waals surface area contributed by atoms with E-state index in [4.69, 9.17) is 23.2 Å². The standard InChI is InChI=1S/C15H18Cl2N2O/c16-12-2-1-3-13(17)15(12)19-14(20)8-9-6-10-4-5-11(7-9)18-10/h1-3,9-11,18H,4-8H2,(H,19,20). The predicted octanol–water partition coefficient (Wildman–Crippen LogP) is 3.85. The van der Waals surface area contributed by atoms with Crippen molar-refractivity contribution in [2.24, 2.45) is 5.92 Å². The molecule has 0 aliphatic carbocycles. The molecule has 2 aliphatic rings. The van der Waals surface area contributed by atoms with Crippen LogP contribution in [0.2, 0.25) is 10.0 Å². The molecule has 0 radical (unpaired) electrons. The second-order valence-electron chi connectivity index (χ2n) is 5.82. The molecule has 2 unspecified atom stereocenters. The summed E-state index contributed by atoms with van der Waals surface area (Å²) in [7, 11) is 0. The van der Waals surface area contributed by atoms with Crippen molar-refractivity contribution in [1.29, 1.82) is 0 Å². The minimum Gasteiger partial charge on any atom is -0.324 e. The van der Waals surface area contributed by atoms with Crippen molar-refractivity contribution in [3.8, 4) is 0 Å². The van der Waals surface area contributed by atoms with Gasteiger partial charge in [0.15, 0.2) is 0 Å². The van der Waals surface area contributed by atoms with E-state index in [0.29, 0.717) is 40.2 Å².